The topological polar surface area (TPSA) is 45.6 Å². The van der Waals surface area contributed by atoms with Crippen LogP contribution in [0.15, 0.2) is 59.2 Å². The average molecular weight is 541 g/mol. The molecule has 3 aromatic rings. The highest BCUT2D eigenvalue weighted by Gasteiger charge is 2.41. The number of benzene rings is 1. The molecule has 1 aromatic carbocycles. The van der Waals surface area contributed by atoms with Gasteiger partial charge in [0.2, 0.25) is 0 Å². The Balaban J connectivity index is 1.52. The van der Waals surface area contributed by atoms with Crippen molar-refractivity contribution < 1.29 is 4.74 Å². The molecule has 178 valence electrons. The van der Waals surface area contributed by atoms with E-state index in [4.69, 9.17) is 21.9 Å². The molecular weight excluding hydrogens is 510 g/mol. The number of nitrogens with one attached hydrogen (secondary N) is 1. The third-order valence-corrected chi connectivity index (χ3v) is 7.71. The monoisotopic (exact) mass is 539 g/mol. The number of thiocarbonyl (C=S) groups is 1. The van der Waals surface area contributed by atoms with Crippen LogP contribution in [0.5, 0.6) is 0 Å². The first kappa shape index (κ1) is 23.5. The highest BCUT2D eigenvalue weighted by Crippen LogP contribution is 2.41. The van der Waals surface area contributed by atoms with E-state index in [9.17, 15) is 0 Å². The van der Waals surface area contributed by atoms with Crippen molar-refractivity contribution in [2.45, 2.75) is 25.9 Å². The van der Waals surface area contributed by atoms with E-state index in [2.05, 4.69) is 85.9 Å². The molecule has 2 aliphatic rings. The van der Waals surface area contributed by atoms with Crippen molar-refractivity contribution >= 4 is 33.3 Å². The van der Waals surface area contributed by atoms with Gasteiger partial charge in [-0.2, -0.15) is 0 Å². The van der Waals surface area contributed by atoms with Gasteiger partial charge in [0.05, 0.1) is 31.0 Å². The van der Waals surface area contributed by atoms with Crippen molar-refractivity contribution in [1.82, 2.24) is 24.7 Å². The van der Waals surface area contributed by atoms with Crippen LogP contribution in [-0.2, 0) is 4.74 Å². The Hall–Kier alpha value is -2.26. The van der Waals surface area contributed by atoms with Crippen LogP contribution < -0.4 is 5.32 Å². The molecule has 2 fully saturated rings. The summed E-state index contributed by atoms with van der Waals surface area (Å²) < 4.78 is 8.94. The SMILES string of the molecule is Cc1cc(C2C(c3ccccn3)NC(=S)N2CCN2CCOCC2)c(C)n1-c1ccc(Br)cc1. The number of halogens is 1. The number of aryl methyl sites for hydroxylation is 1. The number of aromatic nitrogens is 2. The van der Waals surface area contributed by atoms with Gasteiger partial charge < -0.3 is 19.5 Å². The van der Waals surface area contributed by atoms with Crippen molar-refractivity contribution in [1.29, 1.82) is 0 Å². The quantitative estimate of drug-likeness (QED) is 0.463. The maximum Gasteiger partial charge on any atom is 0.170 e. The summed E-state index contributed by atoms with van der Waals surface area (Å²) >= 11 is 9.44. The summed E-state index contributed by atoms with van der Waals surface area (Å²) in [6, 6.07) is 17.0. The minimum Gasteiger partial charge on any atom is -0.379 e. The number of pyridine rings is 1. The molecule has 0 radical (unpaired) electrons. The average Bonchev–Trinajstić information content (AvgIpc) is 3.34. The number of morpholine rings is 1. The fourth-order valence-electron chi connectivity index (χ4n) is 5.13. The predicted molar refractivity (Wildman–Crippen MR) is 142 cm³/mol. The van der Waals surface area contributed by atoms with Crippen LogP contribution in [0.3, 0.4) is 0 Å². The molecule has 0 bridgehead atoms. The Morgan fingerprint density at radius 3 is 2.56 bits per heavy atom. The van der Waals surface area contributed by atoms with Crippen LogP contribution in [-0.4, -0.2) is 63.9 Å². The van der Waals surface area contributed by atoms with E-state index < -0.39 is 0 Å². The predicted octanol–water partition coefficient (Wildman–Crippen LogP) is 4.56. The van der Waals surface area contributed by atoms with Crippen LogP contribution in [0.1, 0.15) is 34.7 Å². The standard InChI is InChI=1S/C26H30BrN5OS/c1-18-17-22(19(2)32(18)21-8-6-20(27)7-9-21)25-24(23-5-3-4-10-28-23)29-26(34)31(25)12-11-30-13-15-33-16-14-30/h3-10,17,24-25H,11-16H2,1-2H3,(H,29,34). The highest BCUT2D eigenvalue weighted by molar-refractivity contribution is 9.10. The summed E-state index contributed by atoms with van der Waals surface area (Å²) in [7, 11) is 0. The lowest BCUT2D eigenvalue weighted by Crippen LogP contribution is -2.42. The molecular formula is C26H30BrN5OS. The first-order chi connectivity index (χ1) is 16.5. The Bertz CT molecular complexity index is 1140. The smallest absolute Gasteiger partial charge is 0.170 e. The second kappa shape index (κ2) is 10.2. The van der Waals surface area contributed by atoms with Crippen molar-refractivity contribution in [2.24, 2.45) is 0 Å². The Morgan fingerprint density at radius 2 is 1.85 bits per heavy atom. The summed E-state index contributed by atoms with van der Waals surface area (Å²) in [6.45, 7) is 9.76. The number of rotatable bonds is 6. The van der Waals surface area contributed by atoms with Crippen molar-refractivity contribution in [2.75, 3.05) is 39.4 Å². The molecule has 2 aliphatic heterocycles. The molecule has 0 aliphatic carbocycles. The van der Waals surface area contributed by atoms with E-state index in [1.165, 1.54) is 17.0 Å². The lowest BCUT2D eigenvalue weighted by atomic mass is 9.96. The van der Waals surface area contributed by atoms with Crippen LogP contribution in [0.25, 0.3) is 5.69 Å². The maximum atomic E-state index is 5.88. The zero-order valence-corrected chi connectivity index (χ0v) is 22.0. The van der Waals surface area contributed by atoms with Crippen LogP contribution in [0.2, 0.25) is 0 Å². The first-order valence-corrected chi connectivity index (χ1v) is 13.0. The summed E-state index contributed by atoms with van der Waals surface area (Å²) in [6.07, 6.45) is 1.86. The van der Waals surface area contributed by atoms with Crippen LogP contribution in [0, 0.1) is 13.8 Å². The zero-order chi connectivity index (χ0) is 23.7. The van der Waals surface area contributed by atoms with E-state index in [0.717, 1.165) is 60.4 Å². The van der Waals surface area contributed by atoms with Gasteiger partial charge in [-0.3, -0.25) is 9.88 Å². The third-order valence-electron chi connectivity index (χ3n) is 6.83. The minimum atomic E-state index is -0.00254. The Morgan fingerprint density at radius 1 is 1.09 bits per heavy atom. The van der Waals surface area contributed by atoms with Gasteiger partial charge >= 0.3 is 0 Å². The molecule has 2 aromatic heterocycles. The lowest BCUT2D eigenvalue weighted by molar-refractivity contribution is 0.0350. The third kappa shape index (κ3) is 4.64. The number of nitrogens with zero attached hydrogens (tertiary/aromatic N) is 4. The van der Waals surface area contributed by atoms with Gasteiger partial charge in [0.1, 0.15) is 0 Å². The van der Waals surface area contributed by atoms with Gasteiger partial charge in [-0.05, 0) is 74.1 Å². The van der Waals surface area contributed by atoms with E-state index in [1.54, 1.807) is 0 Å². The summed E-state index contributed by atoms with van der Waals surface area (Å²) in [5.41, 5.74) is 5.89. The molecule has 4 heterocycles. The number of hydrogen-bond acceptors (Lipinski definition) is 4. The van der Waals surface area contributed by atoms with Crippen molar-refractivity contribution in [3.8, 4) is 5.69 Å². The van der Waals surface area contributed by atoms with Gasteiger partial charge in [0.25, 0.3) is 0 Å². The van der Waals surface area contributed by atoms with Crippen LogP contribution in [0.4, 0.5) is 0 Å². The fourth-order valence-corrected chi connectivity index (χ4v) is 5.73. The second-order valence-electron chi connectivity index (χ2n) is 8.91. The van der Waals surface area contributed by atoms with E-state index >= 15 is 0 Å². The molecule has 0 spiro atoms. The summed E-state index contributed by atoms with van der Waals surface area (Å²) in [5, 5.41) is 4.39. The van der Waals surface area contributed by atoms with Crippen molar-refractivity contribution in [3.63, 3.8) is 0 Å². The van der Waals surface area contributed by atoms with E-state index in [0.29, 0.717) is 0 Å². The van der Waals surface area contributed by atoms with E-state index in [1.807, 2.05) is 18.3 Å². The molecule has 0 amide bonds. The lowest BCUT2D eigenvalue weighted by Gasteiger charge is -2.32. The largest absolute Gasteiger partial charge is 0.379 e. The molecule has 2 atom stereocenters. The molecule has 34 heavy (non-hydrogen) atoms. The fraction of sp³-hybridized carbons (Fsp3) is 0.385. The molecule has 2 saturated heterocycles. The summed E-state index contributed by atoms with van der Waals surface area (Å²) in [5.74, 6) is 0. The molecule has 6 nitrogen and oxygen atoms in total. The zero-order valence-electron chi connectivity index (χ0n) is 19.6. The highest BCUT2D eigenvalue weighted by atomic mass is 79.9. The Labute approximate surface area is 215 Å². The van der Waals surface area contributed by atoms with Gasteiger partial charge in [0, 0.05) is 53.9 Å². The van der Waals surface area contributed by atoms with Gasteiger partial charge in [-0.25, -0.2) is 0 Å². The van der Waals surface area contributed by atoms with Gasteiger partial charge in [-0.15, -0.1) is 0 Å². The van der Waals surface area contributed by atoms with E-state index in [-0.39, 0.29) is 12.1 Å². The van der Waals surface area contributed by atoms with Gasteiger partial charge in [0.15, 0.2) is 5.11 Å². The normalized spacial score (nSPS) is 21.1. The number of hydrogen-bond donors (Lipinski definition) is 1. The maximum absolute atomic E-state index is 5.88. The molecule has 2 unspecified atom stereocenters. The molecule has 8 heteroatoms. The van der Waals surface area contributed by atoms with Crippen molar-refractivity contribution in [3.05, 3.63) is 81.8 Å². The van der Waals surface area contributed by atoms with Crippen LogP contribution >= 0.6 is 28.1 Å². The molecule has 0 saturated carbocycles. The number of ether oxygens (including phenoxy) is 1. The minimum absolute atomic E-state index is 0.00254. The van der Waals surface area contributed by atoms with Gasteiger partial charge in [-0.1, -0.05) is 22.0 Å². The first-order valence-electron chi connectivity index (χ1n) is 11.8. The Kier molecular flexibility index (Phi) is 7.01. The summed E-state index contributed by atoms with van der Waals surface area (Å²) in [4.78, 5) is 9.51. The second-order valence-corrected chi connectivity index (χ2v) is 10.2. The molecule has 1 N–H and O–H groups in total. The molecule has 5 rings (SSSR count).